The molecule has 1 aromatic heterocycles. The second-order valence-electron chi connectivity index (χ2n) is 4.55. The quantitative estimate of drug-likeness (QED) is 0.761. The lowest BCUT2D eigenvalue weighted by atomic mass is 10.0. The average molecular weight is 256 g/mol. The minimum atomic E-state index is -0.323. The second kappa shape index (κ2) is 4.58. The van der Waals surface area contributed by atoms with Crippen molar-refractivity contribution in [2.45, 2.75) is 19.4 Å². The Labute approximate surface area is 105 Å². The van der Waals surface area contributed by atoms with E-state index in [0.29, 0.717) is 25.5 Å². The zero-order valence-corrected chi connectivity index (χ0v) is 10.6. The lowest BCUT2D eigenvalue weighted by molar-refractivity contribution is -0.0373. The van der Waals surface area contributed by atoms with Gasteiger partial charge in [-0.3, -0.25) is 4.79 Å². The summed E-state index contributed by atoms with van der Waals surface area (Å²) in [6, 6.07) is 0. The Bertz CT molecular complexity index is 419. The van der Waals surface area contributed by atoms with Crippen LogP contribution >= 0.6 is 11.6 Å². The standard InChI is InChI=1S/C11H14ClN3O2/c1-11(2)7-17-4-3-15(11)10(16)8-5-14-9(12)6-13-8/h5-6H,3-4,7H2,1-2H3. The number of nitrogens with zero attached hydrogens (tertiary/aromatic N) is 3. The van der Waals surface area contributed by atoms with Gasteiger partial charge in [-0.1, -0.05) is 11.6 Å². The van der Waals surface area contributed by atoms with E-state index >= 15 is 0 Å². The van der Waals surface area contributed by atoms with Gasteiger partial charge in [0.05, 0.1) is 31.1 Å². The Hall–Kier alpha value is -1.20. The number of carbonyl (C=O) groups excluding carboxylic acids is 1. The molecule has 92 valence electrons. The van der Waals surface area contributed by atoms with Gasteiger partial charge in [-0.25, -0.2) is 9.97 Å². The number of aromatic nitrogens is 2. The van der Waals surface area contributed by atoms with Gasteiger partial charge >= 0.3 is 0 Å². The molecule has 1 aliphatic heterocycles. The molecule has 6 heteroatoms. The van der Waals surface area contributed by atoms with E-state index < -0.39 is 0 Å². The van der Waals surface area contributed by atoms with Gasteiger partial charge in [-0.15, -0.1) is 0 Å². The van der Waals surface area contributed by atoms with E-state index in [0.717, 1.165) is 0 Å². The lowest BCUT2D eigenvalue weighted by Gasteiger charge is -2.41. The molecule has 0 radical (unpaired) electrons. The summed E-state index contributed by atoms with van der Waals surface area (Å²) in [7, 11) is 0. The number of morpholine rings is 1. The smallest absolute Gasteiger partial charge is 0.274 e. The number of rotatable bonds is 1. The van der Waals surface area contributed by atoms with Crippen molar-refractivity contribution in [1.82, 2.24) is 14.9 Å². The number of carbonyl (C=O) groups is 1. The number of ether oxygens (including phenoxy) is 1. The molecule has 0 aliphatic carbocycles. The number of hydrogen-bond donors (Lipinski definition) is 0. The topological polar surface area (TPSA) is 55.3 Å². The van der Waals surface area contributed by atoms with E-state index in [9.17, 15) is 4.79 Å². The molecular weight excluding hydrogens is 242 g/mol. The minimum Gasteiger partial charge on any atom is -0.377 e. The van der Waals surface area contributed by atoms with Crippen molar-refractivity contribution >= 4 is 17.5 Å². The van der Waals surface area contributed by atoms with Gasteiger partial charge in [0.25, 0.3) is 5.91 Å². The Morgan fingerprint density at radius 2 is 2.24 bits per heavy atom. The highest BCUT2D eigenvalue weighted by Gasteiger charge is 2.35. The van der Waals surface area contributed by atoms with Crippen molar-refractivity contribution in [2.75, 3.05) is 19.8 Å². The first kappa shape index (κ1) is 12.3. The molecule has 0 aromatic carbocycles. The highest BCUT2D eigenvalue weighted by Crippen LogP contribution is 2.21. The van der Waals surface area contributed by atoms with E-state index in [-0.39, 0.29) is 16.6 Å². The summed E-state index contributed by atoms with van der Waals surface area (Å²) in [6.07, 6.45) is 2.78. The maximum absolute atomic E-state index is 12.3. The summed E-state index contributed by atoms with van der Waals surface area (Å²) in [5.74, 6) is -0.137. The molecular formula is C11H14ClN3O2. The highest BCUT2D eigenvalue weighted by molar-refractivity contribution is 6.29. The molecule has 1 amide bonds. The normalized spacial score (nSPS) is 19.1. The third kappa shape index (κ3) is 2.56. The third-order valence-electron chi connectivity index (χ3n) is 2.73. The summed E-state index contributed by atoms with van der Waals surface area (Å²) in [4.78, 5) is 21.9. The van der Waals surface area contributed by atoms with E-state index in [4.69, 9.17) is 16.3 Å². The summed E-state index contributed by atoms with van der Waals surface area (Å²) < 4.78 is 5.37. The minimum absolute atomic E-state index is 0.137. The summed E-state index contributed by atoms with van der Waals surface area (Å²) in [5, 5.41) is 0.280. The number of halogens is 1. The van der Waals surface area contributed by atoms with Crippen LogP contribution in [0, 0.1) is 0 Å². The van der Waals surface area contributed by atoms with Crippen LogP contribution in [-0.2, 0) is 4.74 Å². The number of hydrogen-bond acceptors (Lipinski definition) is 4. The average Bonchev–Trinajstić information content (AvgIpc) is 2.28. The molecule has 17 heavy (non-hydrogen) atoms. The van der Waals surface area contributed by atoms with E-state index in [2.05, 4.69) is 9.97 Å². The van der Waals surface area contributed by atoms with Gasteiger partial charge in [-0.05, 0) is 13.8 Å². The molecule has 2 heterocycles. The van der Waals surface area contributed by atoms with Crippen molar-refractivity contribution in [3.05, 3.63) is 23.2 Å². The second-order valence-corrected chi connectivity index (χ2v) is 4.93. The van der Waals surface area contributed by atoms with Crippen LogP contribution in [0.5, 0.6) is 0 Å². The predicted molar refractivity (Wildman–Crippen MR) is 63.0 cm³/mol. The SMILES string of the molecule is CC1(C)COCCN1C(=O)c1cnc(Cl)cn1. The Balaban J connectivity index is 2.21. The van der Waals surface area contributed by atoms with Gasteiger partial charge in [0.1, 0.15) is 10.8 Å². The first-order valence-corrected chi connectivity index (χ1v) is 5.76. The molecule has 1 fully saturated rings. The van der Waals surface area contributed by atoms with E-state index in [1.54, 1.807) is 4.90 Å². The zero-order chi connectivity index (χ0) is 12.5. The van der Waals surface area contributed by atoms with Crippen molar-refractivity contribution in [1.29, 1.82) is 0 Å². The Kier molecular flexibility index (Phi) is 3.31. The van der Waals surface area contributed by atoms with Gasteiger partial charge in [0.2, 0.25) is 0 Å². The van der Waals surface area contributed by atoms with Crippen molar-refractivity contribution < 1.29 is 9.53 Å². The zero-order valence-electron chi connectivity index (χ0n) is 9.81. The third-order valence-corrected chi connectivity index (χ3v) is 2.92. The summed E-state index contributed by atoms with van der Waals surface area (Å²) in [5.41, 5.74) is -0.0132. The monoisotopic (exact) mass is 255 g/mol. The maximum atomic E-state index is 12.3. The van der Waals surface area contributed by atoms with Crippen LogP contribution < -0.4 is 0 Å². The van der Waals surface area contributed by atoms with Gasteiger partial charge in [-0.2, -0.15) is 0 Å². The Morgan fingerprint density at radius 1 is 1.47 bits per heavy atom. The van der Waals surface area contributed by atoms with Crippen LogP contribution in [0.4, 0.5) is 0 Å². The molecule has 1 aliphatic rings. The number of amides is 1. The van der Waals surface area contributed by atoms with Crippen molar-refractivity contribution in [3.63, 3.8) is 0 Å². The molecule has 2 rings (SSSR count). The summed E-state index contributed by atoms with van der Waals surface area (Å²) >= 11 is 5.64. The molecule has 0 atom stereocenters. The molecule has 1 saturated heterocycles. The molecule has 0 saturated carbocycles. The molecule has 5 nitrogen and oxygen atoms in total. The van der Waals surface area contributed by atoms with E-state index in [1.807, 2.05) is 13.8 Å². The predicted octanol–water partition coefficient (Wildman–Crippen LogP) is 1.38. The van der Waals surface area contributed by atoms with E-state index in [1.165, 1.54) is 12.4 Å². The largest absolute Gasteiger partial charge is 0.377 e. The first-order chi connectivity index (χ1) is 8.00. The molecule has 0 spiro atoms. The molecule has 0 unspecified atom stereocenters. The van der Waals surface area contributed by atoms with Crippen LogP contribution in [0.3, 0.4) is 0 Å². The Morgan fingerprint density at radius 3 is 2.82 bits per heavy atom. The van der Waals surface area contributed by atoms with Gasteiger partial charge in [0.15, 0.2) is 0 Å². The van der Waals surface area contributed by atoms with Crippen molar-refractivity contribution in [3.8, 4) is 0 Å². The molecule has 0 bridgehead atoms. The van der Waals surface area contributed by atoms with Gasteiger partial charge < -0.3 is 9.64 Å². The maximum Gasteiger partial charge on any atom is 0.274 e. The van der Waals surface area contributed by atoms with Crippen LogP contribution in [0.25, 0.3) is 0 Å². The van der Waals surface area contributed by atoms with Crippen LogP contribution in [0.2, 0.25) is 5.15 Å². The first-order valence-electron chi connectivity index (χ1n) is 5.38. The fraction of sp³-hybridized carbons (Fsp3) is 0.545. The molecule has 0 N–H and O–H groups in total. The highest BCUT2D eigenvalue weighted by atomic mass is 35.5. The van der Waals surface area contributed by atoms with Crippen molar-refractivity contribution in [2.24, 2.45) is 0 Å². The van der Waals surface area contributed by atoms with Crippen LogP contribution in [0.1, 0.15) is 24.3 Å². The van der Waals surface area contributed by atoms with Gasteiger partial charge in [0, 0.05) is 6.54 Å². The van der Waals surface area contributed by atoms with Crippen LogP contribution in [-0.4, -0.2) is 46.1 Å². The van der Waals surface area contributed by atoms with Crippen LogP contribution in [0.15, 0.2) is 12.4 Å². The molecule has 1 aromatic rings. The fourth-order valence-electron chi connectivity index (χ4n) is 1.80. The lowest BCUT2D eigenvalue weighted by Crippen LogP contribution is -2.55. The fourth-order valence-corrected chi connectivity index (χ4v) is 1.89. The summed E-state index contributed by atoms with van der Waals surface area (Å²) in [6.45, 7) is 5.58.